The molecule has 0 saturated carbocycles. The summed E-state index contributed by atoms with van der Waals surface area (Å²) in [5, 5.41) is 3.54. The quantitative estimate of drug-likeness (QED) is 0.765. The van der Waals surface area contributed by atoms with Crippen molar-refractivity contribution >= 4 is 0 Å². The molecule has 18 heavy (non-hydrogen) atoms. The van der Waals surface area contributed by atoms with Crippen molar-refractivity contribution in [2.45, 2.75) is 71.6 Å². The van der Waals surface area contributed by atoms with E-state index in [1.165, 1.54) is 19.4 Å². The summed E-state index contributed by atoms with van der Waals surface area (Å²) in [5.74, 6) is 0. The van der Waals surface area contributed by atoms with Crippen LogP contribution in [0.15, 0.2) is 0 Å². The fraction of sp³-hybridized carbons (Fsp3) is 1.00. The van der Waals surface area contributed by atoms with E-state index in [9.17, 15) is 0 Å². The molecule has 0 aromatic heterocycles. The van der Waals surface area contributed by atoms with E-state index in [1.54, 1.807) is 0 Å². The highest BCUT2D eigenvalue weighted by molar-refractivity contribution is 4.82. The minimum Gasteiger partial charge on any atom is -0.370 e. The molecule has 0 amide bonds. The first-order valence-electron chi connectivity index (χ1n) is 7.33. The number of nitrogens with zero attached hydrogens (tertiary/aromatic N) is 1. The van der Waals surface area contributed by atoms with Crippen LogP contribution in [0.25, 0.3) is 0 Å². The van der Waals surface area contributed by atoms with Crippen LogP contribution in [0.3, 0.4) is 0 Å². The third-order valence-electron chi connectivity index (χ3n) is 3.20. The largest absolute Gasteiger partial charge is 0.370 e. The van der Waals surface area contributed by atoms with Gasteiger partial charge in [-0.25, -0.2) is 0 Å². The lowest BCUT2D eigenvalue weighted by Crippen LogP contribution is -2.52. The predicted molar refractivity (Wildman–Crippen MR) is 78.1 cm³/mol. The van der Waals surface area contributed by atoms with Crippen LogP contribution in [0.1, 0.15) is 54.4 Å². The summed E-state index contributed by atoms with van der Waals surface area (Å²) in [6.07, 6.45) is 2.89. The summed E-state index contributed by atoms with van der Waals surface area (Å²) in [4.78, 5) is 2.55. The minimum atomic E-state index is 0.0152. The van der Waals surface area contributed by atoms with Crippen LogP contribution >= 0.6 is 0 Å². The minimum absolute atomic E-state index is 0.0152. The van der Waals surface area contributed by atoms with E-state index in [-0.39, 0.29) is 11.1 Å². The molecule has 1 N–H and O–H groups in total. The van der Waals surface area contributed by atoms with Gasteiger partial charge in [0, 0.05) is 18.6 Å². The molecule has 108 valence electrons. The maximum atomic E-state index is 5.92. The molecule has 0 aromatic carbocycles. The van der Waals surface area contributed by atoms with Crippen molar-refractivity contribution in [1.29, 1.82) is 0 Å². The number of hydrogen-bond acceptors (Lipinski definition) is 3. The Balaban J connectivity index is 2.15. The SMILES string of the molecule is CC1CN(CCCCNC(C)(C)C)CC(C)(C)O1. The molecule has 1 unspecified atom stereocenters. The molecule has 0 radical (unpaired) electrons. The first-order valence-corrected chi connectivity index (χ1v) is 7.33. The van der Waals surface area contributed by atoms with E-state index in [0.717, 1.165) is 19.6 Å². The predicted octanol–water partition coefficient (Wildman–Crippen LogP) is 2.65. The van der Waals surface area contributed by atoms with Crippen LogP contribution in [0.5, 0.6) is 0 Å². The van der Waals surface area contributed by atoms with Crippen LogP contribution in [-0.2, 0) is 4.74 Å². The second-order valence-electron chi connectivity index (χ2n) is 7.31. The highest BCUT2D eigenvalue weighted by Gasteiger charge is 2.30. The van der Waals surface area contributed by atoms with E-state index in [2.05, 4.69) is 51.8 Å². The second-order valence-corrected chi connectivity index (χ2v) is 7.31. The Labute approximate surface area is 113 Å². The van der Waals surface area contributed by atoms with Crippen molar-refractivity contribution in [2.24, 2.45) is 0 Å². The summed E-state index contributed by atoms with van der Waals surface area (Å²) in [5.41, 5.74) is 0.261. The van der Waals surface area contributed by atoms with Gasteiger partial charge in [-0.15, -0.1) is 0 Å². The Morgan fingerprint density at radius 1 is 1.28 bits per heavy atom. The molecule has 1 rings (SSSR count). The van der Waals surface area contributed by atoms with E-state index in [0.29, 0.717) is 6.10 Å². The average Bonchev–Trinajstić information content (AvgIpc) is 2.11. The first kappa shape index (κ1) is 15.9. The van der Waals surface area contributed by atoms with Crippen molar-refractivity contribution in [3.05, 3.63) is 0 Å². The zero-order valence-corrected chi connectivity index (χ0v) is 13.2. The van der Waals surface area contributed by atoms with Gasteiger partial charge in [0.2, 0.25) is 0 Å². The van der Waals surface area contributed by atoms with E-state index >= 15 is 0 Å². The molecule has 0 bridgehead atoms. The number of nitrogens with one attached hydrogen (secondary N) is 1. The summed E-state index contributed by atoms with van der Waals surface area (Å²) in [6, 6.07) is 0. The van der Waals surface area contributed by atoms with Gasteiger partial charge < -0.3 is 10.1 Å². The molecule has 1 atom stereocenters. The molecule has 1 heterocycles. The fourth-order valence-electron chi connectivity index (χ4n) is 2.68. The number of unbranched alkanes of at least 4 members (excludes halogenated alkanes) is 1. The molecule has 1 aliphatic heterocycles. The Morgan fingerprint density at radius 3 is 2.50 bits per heavy atom. The van der Waals surface area contributed by atoms with Gasteiger partial charge in [0.15, 0.2) is 0 Å². The van der Waals surface area contributed by atoms with Gasteiger partial charge >= 0.3 is 0 Å². The van der Waals surface area contributed by atoms with Gasteiger partial charge in [-0.1, -0.05) is 0 Å². The molecular weight excluding hydrogens is 224 g/mol. The third kappa shape index (κ3) is 6.72. The van der Waals surface area contributed by atoms with E-state index < -0.39 is 0 Å². The van der Waals surface area contributed by atoms with Crippen LogP contribution in [0.4, 0.5) is 0 Å². The summed E-state index contributed by atoms with van der Waals surface area (Å²) < 4.78 is 5.92. The topological polar surface area (TPSA) is 24.5 Å². The molecule has 0 aromatic rings. The van der Waals surface area contributed by atoms with Crippen LogP contribution in [0.2, 0.25) is 0 Å². The van der Waals surface area contributed by atoms with Gasteiger partial charge in [0.25, 0.3) is 0 Å². The van der Waals surface area contributed by atoms with Crippen molar-refractivity contribution in [1.82, 2.24) is 10.2 Å². The third-order valence-corrected chi connectivity index (χ3v) is 3.20. The molecule has 1 aliphatic rings. The molecular formula is C15H32N2O. The highest BCUT2D eigenvalue weighted by atomic mass is 16.5. The molecule has 3 heteroatoms. The van der Waals surface area contributed by atoms with Crippen molar-refractivity contribution in [3.63, 3.8) is 0 Å². The lowest BCUT2D eigenvalue weighted by atomic mass is 10.1. The maximum absolute atomic E-state index is 5.92. The maximum Gasteiger partial charge on any atom is 0.0757 e. The number of hydrogen-bond donors (Lipinski definition) is 1. The standard InChI is InChI=1S/C15H32N2O/c1-13-11-17(12-15(5,6)18-13)10-8-7-9-16-14(2,3)4/h13,16H,7-12H2,1-6H3. The monoisotopic (exact) mass is 256 g/mol. The van der Waals surface area contributed by atoms with Gasteiger partial charge in [-0.2, -0.15) is 0 Å². The summed E-state index contributed by atoms with van der Waals surface area (Å²) in [6.45, 7) is 17.7. The van der Waals surface area contributed by atoms with Gasteiger partial charge in [-0.3, -0.25) is 4.90 Å². The normalized spacial score (nSPS) is 25.3. The second kappa shape index (κ2) is 6.36. The Kier molecular flexibility index (Phi) is 5.63. The molecule has 0 spiro atoms. The highest BCUT2D eigenvalue weighted by Crippen LogP contribution is 2.20. The van der Waals surface area contributed by atoms with Gasteiger partial charge in [0.1, 0.15) is 0 Å². The Hall–Kier alpha value is -0.120. The van der Waals surface area contributed by atoms with Crippen molar-refractivity contribution in [3.8, 4) is 0 Å². The zero-order valence-electron chi connectivity index (χ0n) is 13.2. The Morgan fingerprint density at radius 2 is 1.94 bits per heavy atom. The fourth-order valence-corrected chi connectivity index (χ4v) is 2.68. The molecule has 1 saturated heterocycles. The van der Waals surface area contributed by atoms with Crippen molar-refractivity contribution < 1.29 is 4.74 Å². The first-order chi connectivity index (χ1) is 8.18. The number of ether oxygens (including phenoxy) is 1. The summed E-state index contributed by atoms with van der Waals surface area (Å²) >= 11 is 0. The van der Waals surface area contributed by atoms with Crippen LogP contribution in [0, 0.1) is 0 Å². The smallest absolute Gasteiger partial charge is 0.0757 e. The van der Waals surface area contributed by atoms with Gasteiger partial charge in [0.05, 0.1) is 11.7 Å². The van der Waals surface area contributed by atoms with E-state index in [1.807, 2.05) is 0 Å². The Bertz CT molecular complexity index is 245. The summed E-state index contributed by atoms with van der Waals surface area (Å²) in [7, 11) is 0. The number of rotatable bonds is 5. The van der Waals surface area contributed by atoms with Crippen LogP contribution < -0.4 is 5.32 Å². The van der Waals surface area contributed by atoms with Gasteiger partial charge in [-0.05, 0) is 67.5 Å². The zero-order chi connectivity index (χ0) is 13.8. The lowest BCUT2D eigenvalue weighted by molar-refractivity contribution is -0.128. The average molecular weight is 256 g/mol. The molecule has 1 fully saturated rings. The van der Waals surface area contributed by atoms with Crippen LogP contribution in [-0.4, -0.2) is 48.3 Å². The lowest BCUT2D eigenvalue weighted by Gasteiger charge is -2.41. The van der Waals surface area contributed by atoms with E-state index in [4.69, 9.17) is 4.74 Å². The molecule has 0 aliphatic carbocycles. The number of morpholine rings is 1. The molecule has 3 nitrogen and oxygen atoms in total. The van der Waals surface area contributed by atoms with Crippen molar-refractivity contribution in [2.75, 3.05) is 26.2 Å².